The summed E-state index contributed by atoms with van der Waals surface area (Å²) in [7, 11) is 0. The number of nitriles is 1. The molecule has 0 saturated carbocycles. The lowest BCUT2D eigenvalue weighted by atomic mass is 10.2. The predicted octanol–water partition coefficient (Wildman–Crippen LogP) is 2.34. The standard InChI is InChI=1S/C20H19N5O4S/c21-13-14-20(29-19(23-14)15-3-1-11-28-15)25-9-7-24(8-10-25)17(26)5-6-22-18(27)16-4-2-12-30-16/h1-4,11-12H,5-10H2,(H,22,27). The van der Waals surface area contributed by atoms with Crippen molar-refractivity contribution < 1.29 is 18.4 Å². The lowest BCUT2D eigenvalue weighted by Crippen LogP contribution is -2.49. The number of amides is 2. The maximum atomic E-state index is 12.5. The molecule has 4 rings (SSSR count). The minimum Gasteiger partial charge on any atom is -0.459 e. The number of carbonyl (C=O) groups excluding carboxylic acids is 2. The summed E-state index contributed by atoms with van der Waals surface area (Å²) in [5.74, 6) is 0.918. The van der Waals surface area contributed by atoms with Crippen molar-refractivity contribution >= 4 is 29.0 Å². The first-order valence-electron chi connectivity index (χ1n) is 9.45. The lowest BCUT2D eigenvalue weighted by molar-refractivity contribution is -0.131. The van der Waals surface area contributed by atoms with Gasteiger partial charge in [-0.15, -0.1) is 11.3 Å². The first kappa shape index (κ1) is 19.7. The fourth-order valence-corrected chi connectivity index (χ4v) is 3.84. The first-order valence-corrected chi connectivity index (χ1v) is 10.3. The zero-order valence-electron chi connectivity index (χ0n) is 16.0. The molecule has 1 aliphatic heterocycles. The van der Waals surface area contributed by atoms with E-state index in [2.05, 4.69) is 16.4 Å². The van der Waals surface area contributed by atoms with Gasteiger partial charge in [0, 0.05) is 39.1 Å². The van der Waals surface area contributed by atoms with Crippen LogP contribution in [0.2, 0.25) is 0 Å². The van der Waals surface area contributed by atoms with Crippen LogP contribution in [0.4, 0.5) is 5.88 Å². The summed E-state index contributed by atoms with van der Waals surface area (Å²) in [5, 5.41) is 14.0. The van der Waals surface area contributed by atoms with E-state index in [4.69, 9.17) is 8.83 Å². The molecule has 3 aromatic heterocycles. The smallest absolute Gasteiger partial charge is 0.266 e. The number of carbonyl (C=O) groups is 2. The lowest BCUT2D eigenvalue weighted by Gasteiger charge is -2.34. The summed E-state index contributed by atoms with van der Waals surface area (Å²) in [4.78, 5) is 32.9. The van der Waals surface area contributed by atoms with E-state index in [1.807, 2.05) is 16.3 Å². The summed E-state index contributed by atoms with van der Waals surface area (Å²) in [6.07, 6.45) is 1.75. The van der Waals surface area contributed by atoms with Crippen LogP contribution in [0.25, 0.3) is 11.7 Å². The SMILES string of the molecule is N#Cc1nc(-c2ccco2)oc1N1CCN(C(=O)CCNC(=O)c2cccs2)CC1. The normalized spacial score (nSPS) is 13.8. The number of piperazine rings is 1. The molecule has 4 heterocycles. The number of furan rings is 1. The molecule has 1 saturated heterocycles. The molecule has 0 aromatic carbocycles. The van der Waals surface area contributed by atoms with Crippen LogP contribution in [0.15, 0.2) is 44.7 Å². The number of nitrogens with one attached hydrogen (secondary N) is 1. The topological polar surface area (TPSA) is 116 Å². The number of thiophene rings is 1. The molecular weight excluding hydrogens is 406 g/mol. The van der Waals surface area contributed by atoms with Crippen molar-refractivity contribution in [3.8, 4) is 17.7 Å². The molecule has 0 aliphatic carbocycles. The van der Waals surface area contributed by atoms with Crippen molar-refractivity contribution in [3.05, 3.63) is 46.5 Å². The van der Waals surface area contributed by atoms with E-state index in [1.165, 1.54) is 17.6 Å². The van der Waals surface area contributed by atoms with Crippen molar-refractivity contribution in [3.63, 3.8) is 0 Å². The molecule has 1 aliphatic rings. The molecule has 1 N–H and O–H groups in total. The number of rotatable bonds is 6. The monoisotopic (exact) mass is 425 g/mol. The van der Waals surface area contributed by atoms with Gasteiger partial charge in [0.1, 0.15) is 6.07 Å². The molecule has 0 atom stereocenters. The zero-order chi connectivity index (χ0) is 20.9. The Labute approximate surface area is 176 Å². The van der Waals surface area contributed by atoms with Gasteiger partial charge in [-0.3, -0.25) is 9.59 Å². The highest BCUT2D eigenvalue weighted by atomic mass is 32.1. The Kier molecular flexibility index (Phi) is 5.81. The van der Waals surface area contributed by atoms with E-state index in [1.54, 1.807) is 23.1 Å². The minimum atomic E-state index is -0.163. The van der Waals surface area contributed by atoms with Crippen LogP contribution in [0.3, 0.4) is 0 Å². The minimum absolute atomic E-state index is 0.0181. The van der Waals surface area contributed by atoms with Gasteiger partial charge in [0.2, 0.25) is 17.5 Å². The van der Waals surface area contributed by atoms with Crippen LogP contribution >= 0.6 is 11.3 Å². The Bertz CT molecular complexity index is 1040. The third-order valence-corrected chi connectivity index (χ3v) is 5.60. The van der Waals surface area contributed by atoms with E-state index >= 15 is 0 Å². The van der Waals surface area contributed by atoms with Crippen molar-refractivity contribution in [1.82, 2.24) is 15.2 Å². The largest absolute Gasteiger partial charge is 0.459 e. The van der Waals surface area contributed by atoms with Crippen molar-refractivity contribution in [2.24, 2.45) is 0 Å². The van der Waals surface area contributed by atoms with Gasteiger partial charge >= 0.3 is 0 Å². The van der Waals surface area contributed by atoms with Gasteiger partial charge in [0.25, 0.3) is 11.8 Å². The van der Waals surface area contributed by atoms with Crippen LogP contribution in [-0.2, 0) is 4.79 Å². The van der Waals surface area contributed by atoms with E-state index in [-0.39, 0.29) is 29.8 Å². The number of hydrogen-bond acceptors (Lipinski definition) is 8. The van der Waals surface area contributed by atoms with E-state index in [9.17, 15) is 14.9 Å². The molecule has 154 valence electrons. The van der Waals surface area contributed by atoms with Crippen LogP contribution in [0.5, 0.6) is 0 Å². The summed E-state index contributed by atoms with van der Waals surface area (Å²) in [5.41, 5.74) is 0.192. The first-order chi connectivity index (χ1) is 14.7. The third-order valence-electron chi connectivity index (χ3n) is 4.74. The fourth-order valence-electron chi connectivity index (χ4n) is 3.20. The van der Waals surface area contributed by atoms with Crippen molar-refractivity contribution in [2.75, 3.05) is 37.6 Å². The number of nitrogens with zero attached hydrogens (tertiary/aromatic N) is 4. The zero-order valence-corrected chi connectivity index (χ0v) is 16.9. The van der Waals surface area contributed by atoms with Gasteiger partial charge < -0.3 is 24.0 Å². The highest BCUT2D eigenvalue weighted by Gasteiger charge is 2.27. The fraction of sp³-hybridized carbons (Fsp3) is 0.300. The second-order valence-electron chi connectivity index (χ2n) is 6.61. The van der Waals surface area contributed by atoms with Crippen LogP contribution in [0.1, 0.15) is 21.8 Å². The van der Waals surface area contributed by atoms with Crippen LogP contribution in [0, 0.1) is 11.3 Å². The summed E-state index contributed by atoms with van der Waals surface area (Å²) >= 11 is 1.36. The number of anilines is 1. The van der Waals surface area contributed by atoms with Crippen molar-refractivity contribution in [1.29, 1.82) is 5.26 Å². The maximum Gasteiger partial charge on any atom is 0.266 e. The van der Waals surface area contributed by atoms with Gasteiger partial charge in [-0.25, -0.2) is 0 Å². The molecule has 0 radical (unpaired) electrons. The van der Waals surface area contributed by atoms with E-state index in [0.29, 0.717) is 49.2 Å². The Morgan fingerprint density at radius 2 is 2.07 bits per heavy atom. The second kappa shape index (κ2) is 8.84. The molecule has 1 fully saturated rings. The Balaban J connectivity index is 1.29. The predicted molar refractivity (Wildman–Crippen MR) is 109 cm³/mol. The average Bonchev–Trinajstić information content (AvgIpc) is 3.54. The average molecular weight is 425 g/mol. The second-order valence-corrected chi connectivity index (χ2v) is 7.56. The molecule has 10 heteroatoms. The molecule has 0 spiro atoms. The third kappa shape index (κ3) is 4.21. The summed E-state index contributed by atoms with van der Waals surface area (Å²) in [6, 6.07) is 9.05. The van der Waals surface area contributed by atoms with Gasteiger partial charge in [0.15, 0.2) is 5.76 Å². The quantitative estimate of drug-likeness (QED) is 0.644. The van der Waals surface area contributed by atoms with Crippen molar-refractivity contribution in [2.45, 2.75) is 6.42 Å². The molecule has 2 amide bonds. The van der Waals surface area contributed by atoms with Crippen LogP contribution in [-0.4, -0.2) is 54.4 Å². The highest BCUT2D eigenvalue weighted by Crippen LogP contribution is 2.29. The molecule has 9 nitrogen and oxygen atoms in total. The summed E-state index contributed by atoms with van der Waals surface area (Å²) < 4.78 is 11.0. The Hall–Kier alpha value is -3.58. The molecule has 3 aromatic rings. The maximum absolute atomic E-state index is 12.5. The summed E-state index contributed by atoms with van der Waals surface area (Å²) in [6.45, 7) is 2.34. The number of aromatic nitrogens is 1. The molecule has 0 unspecified atom stereocenters. The Morgan fingerprint density at radius 3 is 2.73 bits per heavy atom. The number of oxazole rings is 1. The van der Waals surface area contributed by atoms with Crippen LogP contribution < -0.4 is 10.2 Å². The van der Waals surface area contributed by atoms with Gasteiger partial charge in [0.05, 0.1) is 11.1 Å². The number of hydrogen-bond donors (Lipinski definition) is 1. The van der Waals surface area contributed by atoms with Gasteiger partial charge in [-0.05, 0) is 23.6 Å². The Morgan fingerprint density at radius 1 is 1.23 bits per heavy atom. The van der Waals surface area contributed by atoms with E-state index < -0.39 is 0 Å². The molecular formula is C20H19N5O4S. The van der Waals surface area contributed by atoms with Gasteiger partial charge in [-0.1, -0.05) is 6.07 Å². The molecule has 30 heavy (non-hydrogen) atoms. The highest BCUT2D eigenvalue weighted by molar-refractivity contribution is 7.12. The van der Waals surface area contributed by atoms with Gasteiger partial charge in [-0.2, -0.15) is 10.2 Å². The van der Waals surface area contributed by atoms with E-state index in [0.717, 1.165) is 0 Å². The molecule has 0 bridgehead atoms.